The third-order valence-electron chi connectivity index (χ3n) is 18.6. The van der Waals surface area contributed by atoms with Crippen LogP contribution in [-0.2, 0) is 50.1 Å². The number of unbranched alkanes of at least 4 members (excludes halogenated alkanes) is 1. The van der Waals surface area contributed by atoms with Crippen molar-refractivity contribution >= 4 is 45.1 Å². The highest BCUT2D eigenvalue weighted by atomic mass is 79.9. The minimum absolute atomic E-state index is 0.0715. The maximum absolute atomic E-state index is 10.7. The van der Waals surface area contributed by atoms with E-state index in [-0.39, 0.29) is 34.2 Å². The number of hydrogen-bond donors (Lipinski definition) is 0. The number of rotatable bonds is 49. The molecular weight excluding hydrogens is 1500 g/mol. The van der Waals surface area contributed by atoms with Gasteiger partial charge in [0, 0.05) is 58.9 Å². The van der Waals surface area contributed by atoms with Gasteiger partial charge in [-0.1, -0.05) is 202 Å². The number of alkyl halides is 3. The first kappa shape index (κ1) is 94.1. The van der Waals surface area contributed by atoms with Crippen molar-refractivity contribution in [1.29, 1.82) is 0 Å². The largest absolute Gasteiger partial charge is 0.494 e. The second kappa shape index (κ2) is 53.5. The molecule has 17 heteroatoms. The van der Waals surface area contributed by atoms with E-state index in [9.17, 15) is 4.79 Å². The zero-order chi connectivity index (χ0) is 80.4. The van der Waals surface area contributed by atoms with Crippen molar-refractivity contribution in [2.75, 3.05) is 129 Å². The van der Waals surface area contributed by atoms with E-state index in [2.05, 4.69) is 220 Å². The van der Waals surface area contributed by atoms with E-state index >= 15 is 0 Å². The smallest absolute Gasteiger partial charge is 0.302 e. The van der Waals surface area contributed by atoms with Crippen LogP contribution in [0, 0.1) is 0 Å². The summed E-state index contributed by atoms with van der Waals surface area (Å²) in [7, 11) is 0. The summed E-state index contributed by atoms with van der Waals surface area (Å²) in [5.74, 6) is 7.95. The number of halogens is 3. The first-order valence-corrected chi connectivity index (χ1v) is 41.8. The van der Waals surface area contributed by atoms with Crippen molar-refractivity contribution in [1.82, 2.24) is 0 Å². The van der Waals surface area contributed by atoms with Gasteiger partial charge in [0.15, 0.2) is 0 Å². The molecule has 0 aliphatic rings. The molecule has 0 heterocycles. The first-order valence-electron chi connectivity index (χ1n) is 39.6. The van der Waals surface area contributed by atoms with Crippen molar-refractivity contribution < 1.29 is 66.4 Å². The van der Waals surface area contributed by atoms with E-state index in [1.165, 1.54) is 51.4 Å². The summed E-state index contributed by atoms with van der Waals surface area (Å²) in [4.78, 5) is 10.7. The Hall–Kier alpha value is -7.47. The van der Waals surface area contributed by atoms with Gasteiger partial charge in [-0.2, -0.15) is 0 Å². The van der Waals surface area contributed by atoms with Gasteiger partial charge in [0.1, 0.15) is 72.4 Å². The Morgan fingerprint density at radius 2 is 0.459 bits per heavy atom. The highest BCUT2D eigenvalue weighted by molar-refractivity contribution is 9.09. The predicted octanol–water partition coefficient (Wildman–Crippen LogP) is 22.8. The van der Waals surface area contributed by atoms with Gasteiger partial charge in [-0.3, -0.25) is 4.79 Å². The maximum Gasteiger partial charge on any atom is 0.302 e. The molecule has 608 valence electrons. The number of benzene rings is 8. The molecule has 0 saturated carbocycles. The SMILES string of the molecule is CCCCOc1ccc(C(C)(C)c2ccc(OCCOC(C)=O)cc2)cc1.CCCOCCOCCOc1ccc(C(C)(C)c2ccc(OCCCBr)cc2)cc1.CCCOCCOCCOc1ccc(C(C)(C)c2ccc(OCCCCl)cc2)cc1.CCCOc1ccc(C(C)(C)c2ccc(OCCCCl)cc2)cc1. The Balaban J connectivity index is 0.000000266. The minimum atomic E-state index is -0.294. The lowest BCUT2D eigenvalue weighted by molar-refractivity contribution is -0.141. The van der Waals surface area contributed by atoms with E-state index in [0.29, 0.717) is 84.4 Å². The Morgan fingerprint density at radius 3 is 0.676 bits per heavy atom. The molecule has 14 nitrogen and oxygen atoms in total. The van der Waals surface area contributed by atoms with Crippen molar-refractivity contribution in [2.45, 2.75) is 163 Å². The van der Waals surface area contributed by atoms with Crippen LogP contribution in [0.25, 0.3) is 0 Å². The van der Waals surface area contributed by atoms with Crippen LogP contribution in [0.5, 0.6) is 46.0 Å². The average Bonchev–Trinajstić information content (AvgIpc) is 0.824. The summed E-state index contributed by atoms with van der Waals surface area (Å²) in [6.07, 6.45) is 8.01. The van der Waals surface area contributed by atoms with Crippen LogP contribution in [0.3, 0.4) is 0 Å². The Morgan fingerprint density at radius 1 is 0.261 bits per heavy atom. The molecule has 0 bridgehead atoms. The van der Waals surface area contributed by atoms with Crippen LogP contribution < -0.4 is 37.9 Å². The molecule has 0 aliphatic heterocycles. The normalized spacial score (nSPS) is 11.4. The molecule has 0 atom stereocenters. The number of ether oxygens (including phenoxy) is 13. The topological polar surface area (TPSA) is 137 Å². The second-order valence-corrected chi connectivity index (χ2v) is 30.3. The van der Waals surface area contributed by atoms with Gasteiger partial charge < -0.3 is 61.6 Å². The van der Waals surface area contributed by atoms with Crippen molar-refractivity contribution in [2.24, 2.45) is 0 Å². The van der Waals surface area contributed by atoms with Gasteiger partial charge in [-0.15, -0.1) is 23.2 Å². The molecule has 0 radical (unpaired) electrons. The number of carbonyl (C=O) groups is 1. The summed E-state index contributed by atoms with van der Waals surface area (Å²) in [5.41, 5.74) is 9.50. The van der Waals surface area contributed by atoms with Crippen molar-refractivity contribution in [3.8, 4) is 46.0 Å². The summed E-state index contributed by atoms with van der Waals surface area (Å²) >= 11 is 14.8. The van der Waals surface area contributed by atoms with Crippen molar-refractivity contribution in [3.63, 3.8) is 0 Å². The third kappa shape index (κ3) is 35.2. The molecule has 0 spiro atoms. The van der Waals surface area contributed by atoms with E-state index in [1.54, 1.807) is 0 Å². The lowest BCUT2D eigenvalue weighted by Crippen LogP contribution is -2.18. The summed E-state index contributed by atoms with van der Waals surface area (Å²) < 4.78 is 72.3. The van der Waals surface area contributed by atoms with Gasteiger partial charge >= 0.3 is 5.97 Å². The molecule has 0 N–H and O–H groups in total. The number of hydrogen-bond acceptors (Lipinski definition) is 14. The summed E-state index contributed by atoms with van der Waals surface area (Å²) in [6, 6.07) is 66.4. The Bertz CT molecular complexity index is 3560. The maximum atomic E-state index is 10.7. The highest BCUT2D eigenvalue weighted by Gasteiger charge is 2.27. The van der Waals surface area contributed by atoms with Gasteiger partial charge in [-0.25, -0.2) is 0 Å². The molecule has 111 heavy (non-hydrogen) atoms. The van der Waals surface area contributed by atoms with Gasteiger partial charge in [0.25, 0.3) is 0 Å². The van der Waals surface area contributed by atoms with Gasteiger partial charge in [-0.05, 0) is 187 Å². The third-order valence-corrected chi connectivity index (χ3v) is 19.7. The Labute approximate surface area is 684 Å². The molecule has 0 fully saturated rings. The molecule has 0 aliphatic carbocycles. The van der Waals surface area contributed by atoms with E-state index in [4.69, 9.17) is 84.8 Å². The fourth-order valence-electron chi connectivity index (χ4n) is 11.4. The molecule has 0 amide bonds. The molecule has 0 aromatic heterocycles. The van der Waals surface area contributed by atoms with Crippen LogP contribution in [0.4, 0.5) is 0 Å². The van der Waals surface area contributed by atoms with Crippen molar-refractivity contribution in [3.05, 3.63) is 239 Å². The zero-order valence-electron chi connectivity index (χ0n) is 68.6. The monoisotopic (exact) mass is 1630 g/mol. The minimum Gasteiger partial charge on any atom is -0.494 e. The first-order chi connectivity index (χ1) is 53.7. The summed E-state index contributed by atoms with van der Waals surface area (Å²) in [6.45, 7) is 38.1. The quantitative estimate of drug-likeness (QED) is 0.0203. The van der Waals surface area contributed by atoms with Gasteiger partial charge in [0.05, 0.1) is 72.7 Å². The lowest BCUT2D eigenvalue weighted by atomic mass is 9.78. The van der Waals surface area contributed by atoms with E-state index in [0.717, 1.165) is 136 Å². The van der Waals surface area contributed by atoms with Crippen LogP contribution in [0.1, 0.15) is 186 Å². The standard InChI is InChI=1S/C25H35BrO4.C25H35ClO4.C23H30O4.C21H27ClO2/c2*1-4-15-27-17-18-28-19-20-30-24-12-8-22(9-13-24)25(2,3)21-6-10-23(11-7-21)29-16-5-14-26;1-5-6-15-26-21-11-7-19(8-12-21)23(3,4)20-9-13-22(14-10-20)27-17-16-25-18(2)24;1-4-15-23-19-10-6-17(7-11-19)21(2,3)18-8-12-20(13-9-18)24-16-5-14-22/h2*6-13H,4-5,14-20H2,1-3H3;7-14H,5-6,15-17H2,1-4H3;6-13H,4-5,14-16H2,1-3H3. The molecule has 8 rings (SSSR count). The van der Waals surface area contributed by atoms with E-state index in [1.807, 2.05) is 72.8 Å². The zero-order valence-corrected chi connectivity index (χ0v) is 71.7. The fourth-order valence-corrected chi connectivity index (χ4v) is 11.9. The van der Waals surface area contributed by atoms with Gasteiger partial charge in [0.2, 0.25) is 0 Å². The number of carbonyl (C=O) groups excluding carboxylic acids is 1. The lowest BCUT2D eigenvalue weighted by Gasteiger charge is -2.26. The number of esters is 1. The highest BCUT2D eigenvalue weighted by Crippen LogP contribution is 2.38. The molecule has 8 aromatic carbocycles. The summed E-state index contributed by atoms with van der Waals surface area (Å²) in [5, 5.41) is 0.957. The molecule has 0 saturated heterocycles. The van der Waals surface area contributed by atoms with Crippen LogP contribution in [-0.4, -0.2) is 135 Å². The average molecular weight is 1630 g/mol. The Kier molecular flexibility index (Phi) is 45.4. The second-order valence-electron chi connectivity index (χ2n) is 28.8. The van der Waals surface area contributed by atoms with Crippen LogP contribution in [0.15, 0.2) is 194 Å². The van der Waals surface area contributed by atoms with Crippen LogP contribution in [0.2, 0.25) is 0 Å². The molecule has 8 aromatic rings. The molecular formula is C94H127BrCl2O14. The van der Waals surface area contributed by atoms with E-state index < -0.39 is 0 Å². The van der Waals surface area contributed by atoms with Crippen LogP contribution >= 0.6 is 39.1 Å². The predicted molar refractivity (Wildman–Crippen MR) is 459 cm³/mol. The molecule has 0 unspecified atom stereocenters. The fraction of sp³-hybridized carbons (Fsp3) is 0.479.